The van der Waals surface area contributed by atoms with E-state index in [-0.39, 0.29) is 16.5 Å². The third-order valence-electron chi connectivity index (χ3n) is 3.50. The van der Waals surface area contributed by atoms with Crippen molar-refractivity contribution in [1.29, 1.82) is 0 Å². The molecule has 2 N–H and O–H groups in total. The summed E-state index contributed by atoms with van der Waals surface area (Å²) in [5.41, 5.74) is 0.460. The number of nitro groups is 1. The molecule has 0 saturated heterocycles. The summed E-state index contributed by atoms with van der Waals surface area (Å²) in [6.45, 7) is 2.74. The summed E-state index contributed by atoms with van der Waals surface area (Å²) in [4.78, 5) is 45.5. The Morgan fingerprint density at radius 2 is 1.64 bits per heavy atom. The lowest BCUT2D eigenvalue weighted by Crippen LogP contribution is -2.30. The molecule has 0 bridgehead atoms. The highest BCUT2D eigenvalue weighted by Crippen LogP contribution is 2.25. The number of ether oxygens (including phenoxy) is 1. The minimum absolute atomic E-state index is 0.101. The van der Waals surface area contributed by atoms with E-state index < -0.39 is 28.6 Å². The van der Waals surface area contributed by atoms with Crippen molar-refractivity contribution in [3.8, 4) is 0 Å². The van der Waals surface area contributed by atoms with Crippen LogP contribution < -0.4 is 10.6 Å². The van der Waals surface area contributed by atoms with E-state index >= 15 is 0 Å². The van der Waals surface area contributed by atoms with Crippen molar-refractivity contribution < 1.29 is 24.0 Å². The van der Waals surface area contributed by atoms with Crippen LogP contribution in [0.3, 0.4) is 0 Å². The van der Waals surface area contributed by atoms with Crippen LogP contribution in [0, 0.1) is 10.1 Å². The molecule has 0 saturated carbocycles. The quantitative estimate of drug-likeness (QED) is 0.430. The SMILES string of the molecule is CC(=O)Nc1ccc(NC(=O)[C@@H](C)OC(=O)c2ccc(Cl)c([N+](=O)[O-])c2)cc1. The normalized spacial score (nSPS) is 11.2. The van der Waals surface area contributed by atoms with Crippen molar-refractivity contribution in [3.63, 3.8) is 0 Å². The molecule has 0 spiro atoms. The van der Waals surface area contributed by atoms with E-state index in [2.05, 4.69) is 10.6 Å². The van der Waals surface area contributed by atoms with Gasteiger partial charge in [-0.15, -0.1) is 0 Å². The second-order valence-corrected chi connectivity index (χ2v) is 6.13. The van der Waals surface area contributed by atoms with Crippen LogP contribution in [-0.2, 0) is 14.3 Å². The van der Waals surface area contributed by atoms with Crippen molar-refractivity contribution in [2.24, 2.45) is 0 Å². The molecule has 2 amide bonds. The van der Waals surface area contributed by atoms with E-state index in [1.54, 1.807) is 24.3 Å². The molecule has 0 radical (unpaired) electrons. The number of esters is 1. The fourth-order valence-electron chi connectivity index (χ4n) is 2.15. The van der Waals surface area contributed by atoms with Gasteiger partial charge in [-0.2, -0.15) is 0 Å². The number of hydrogen-bond donors (Lipinski definition) is 2. The Bertz CT molecular complexity index is 929. The van der Waals surface area contributed by atoms with Crippen molar-refractivity contribution in [1.82, 2.24) is 0 Å². The molecular weight excluding hydrogens is 390 g/mol. The Kier molecular flexibility index (Phi) is 6.67. The van der Waals surface area contributed by atoms with Gasteiger partial charge in [-0.05, 0) is 43.3 Å². The lowest BCUT2D eigenvalue weighted by Gasteiger charge is -2.14. The molecule has 0 aromatic heterocycles. The Labute approximate surface area is 164 Å². The topological polar surface area (TPSA) is 128 Å². The van der Waals surface area contributed by atoms with E-state index in [0.29, 0.717) is 11.4 Å². The van der Waals surface area contributed by atoms with Gasteiger partial charge in [-0.25, -0.2) is 4.79 Å². The van der Waals surface area contributed by atoms with Gasteiger partial charge in [-0.3, -0.25) is 19.7 Å². The number of nitrogens with one attached hydrogen (secondary N) is 2. The molecule has 28 heavy (non-hydrogen) atoms. The van der Waals surface area contributed by atoms with E-state index in [1.807, 2.05) is 0 Å². The van der Waals surface area contributed by atoms with Crippen LogP contribution in [0.4, 0.5) is 17.1 Å². The highest BCUT2D eigenvalue weighted by Gasteiger charge is 2.22. The van der Waals surface area contributed by atoms with E-state index in [0.717, 1.165) is 6.07 Å². The summed E-state index contributed by atoms with van der Waals surface area (Å²) in [5.74, 6) is -1.72. The van der Waals surface area contributed by atoms with Crippen LogP contribution >= 0.6 is 11.6 Å². The molecule has 0 heterocycles. The highest BCUT2D eigenvalue weighted by atomic mass is 35.5. The summed E-state index contributed by atoms with van der Waals surface area (Å²) in [6, 6.07) is 9.79. The zero-order chi connectivity index (χ0) is 20.8. The summed E-state index contributed by atoms with van der Waals surface area (Å²) in [6.07, 6.45) is -1.16. The largest absolute Gasteiger partial charge is 0.449 e. The zero-order valence-electron chi connectivity index (χ0n) is 14.9. The minimum Gasteiger partial charge on any atom is -0.449 e. The molecule has 10 heteroatoms. The number of nitrogens with zero attached hydrogens (tertiary/aromatic N) is 1. The van der Waals surface area contributed by atoms with Crippen LogP contribution in [0.25, 0.3) is 0 Å². The number of amides is 2. The minimum atomic E-state index is -1.16. The van der Waals surface area contributed by atoms with Gasteiger partial charge in [0.15, 0.2) is 6.10 Å². The van der Waals surface area contributed by atoms with E-state index in [1.165, 1.54) is 26.0 Å². The Morgan fingerprint density at radius 1 is 1.07 bits per heavy atom. The van der Waals surface area contributed by atoms with Gasteiger partial charge >= 0.3 is 5.97 Å². The summed E-state index contributed by atoms with van der Waals surface area (Å²) >= 11 is 5.70. The first-order chi connectivity index (χ1) is 13.2. The molecule has 2 aromatic carbocycles. The molecule has 0 unspecified atom stereocenters. The molecule has 1 atom stereocenters. The van der Waals surface area contributed by atoms with Gasteiger partial charge in [0.25, 0.3) is 11.6 Å². The van der Waals surface area contributed by atoms with Crippen LogP contribution in [0.15, 0.2) is 42.5 Å². The average Bonchev–Trinajstić information content (AvgIpc) is 2.62. The zero-order valence-corrected chi connectivity index (χ0v) is 15.6. The maximum atomic E-state index is 12.2. The predicted molar refractivity (Wildman–Crippen MR) is 102 cm³/mol. The van der Waals surface area contributed by atoms with Crippen LogP contribution in [0.1, 0.15) is 24.2 Å². The molecule has 2 rings (SSSR count). The molecule has 0 aliphatic heterocycles. The lowest BCUT2D eigenvalue weighted by atomic mass is 10.2. The number of nitro benzene ring substituents is 1. The molecular formula is C18H16ClN3O6. The van der Waals surface area contributed by atoms with Crippen LogP contribution in [0.5, 0.6) is 0 Å². The Morgan fingerprint density at radius 3 is 2.18 bits per heavy atom. The van der Waals surface area contributed by atoms with Gasteiger partial charge in [0, 0.05) is 24.4 Å². The van der Waals surface area contributed by atoms with Crippen molar-refractivity contribution in [2.45, 2.75) is 20.0 Å². The average molecular weight is 406 g/mol. The monoisotopic (exact) mass is 405 g/mol. The van der Waals surface area contributed by atoms with Gasteiger partial charge in [0.05, 0.1) is 10.5 Å². The standard InChI is InChI=1S/C18H16ClN3O6/c1-10(17(24)21-14-6-4-13(5-7-14)20-11(2)23)28-18(25)12-3-8-15(19)16(9-12)22(26)27/h3-10H,1-2H3,(H,20,23)(H,21,24)/t10-/m1/s1. The molecule has 146 valence electrons. The molecule has 9 nitrogen and oxygen atoms in total. The van der Waals surface area contributed by atoms with Crippen molar-refractivity contribution in [2.75, 3.05) is 10.6 Å². The number of halogens is 1. The molecule has 2 aromatic rings. The molecule has 0 aliphatic carbocycles. The highest BCUT2D eigenvalue weighted by molar-refractivity contribution is 6.32. The number of carbonyl (C=O) groups excluding carboxylic acids is 3. The third-order valence-corrected chi connectivity index (χ3v) is 3.82. The summed E-state index contributed by atoms with van der Waals surface area (Å²) in [5, 5.41) is 15.9. The number of hydrogen-bond acceptors (Lipinski definition) is 6. The maximum Gasteiger partial charge on any atom is 0.339 e. The summed E-state index contributed by atoms with van der Waals surface area (Å²) < 4.78 is 5.05. The molecule has 0 fully saturated rings. The fraction of sp³-hybridized carbons (Fsp3) is 0.167. The number of benzene rings is 2. The predicted octanol–water partition coefficient (Wildman–Crippen LogP) is 3.39. The smallest absolute Gasteiger partial charge is 0.339 e. The van der Waals surface area contributed by atoms with Crippen LogP contribution in [-0.4, -0.2) is 28.8 Å². The van der Waals surface area contributed by atoms with Gasteiger partial charge < -0.3 is 15.4 Å². The maximum absolute atomic E-state index is 12.2. The first-order valence-corrected chi connectivity index (χ1v) is 8.38. The van der Waals surface area contributed by atoms with Gasteiger partial charge in [0.1, 0.15) is 5.02 Å². The summed E-state index contributed by atoms with van der Waals surface area (Å²) in [7, 11) is 0. The Hall–Kier alpha value is -3.46. The first kappa shape index (κ1) is 20.8. The van der Waals surface area contributed by atoms with E-state index in [9.17, 15) is 24.5 Å². The van der Waals surface area contributed by atoms with Crippen LogP contribution in [0.2, 0.25) is 5.02 Å². The lowest BCUT2D eigenvalue weighted by molar-refractivity contribution is -0.384. The van der Waals surface area contributed by atoms with Crippen molar-refractivity contribution >= 4 is 46.4 Å². The second kappa shape index (κ2) is 8.96. The molecule has 0 aliphatic rings. The van der Waals surface area contributed by atoms with Gasteiger partial charge in [-0.1, -0.05) is 11.6 Å². The van der Waals surface area contributed by atoms with E-state index in [4.69, 9.17) is 16.3 Å². The number of anilines is 2. The first-order valence-electron chi connectivity index (χ1n) is 8.01. The van der Waals surface area contributed by atoms with Gasteiger partial charge in [0.2, 0.25) is 5.91 Å². The number of rotatable bonds is 6. The Balaban J connectivity index is 2.00. The second-order valence-electron chi connectivity index (χ2n) is 5.72. The van der Waals surface area contributed by atoms with Crippen molar-refractivity contribution in [3.05, 3.63) is 63.2 Å². The third kappa shape index (κ3) is 5.52. The number of carbonyl (C=O) groups is 3. The fourth-order valence-corrected chi connectivity index (χ4v) is 2.33.